The van der Waals surface area contributed by atoms with E-state index in [-0.39, 0.29) is 5.92 Å². The van der Waals surface area contributed by atoms with E-state index < -0.39 is 11.5 Å². The van der Waals surface area contributed by atoms with E-state index >= 15 is 0 Å². The average Bonchev–Trinajstić information content (AvgIpc) is 2.18. The minimum absolute atomic E-state index is 0.0538. The normalized spacial score (nSPS) is 24.5. The third kappa shape index (κ3) is 3.20. The van der Waals surface area contributed by atoms with Crippen LogP contribution in [0.5, 0.6) is 0 Å². The Labute approximate surface area is 92.0 Å². The lowest BCUT2D eigenvalue weighted by atomic mass is 9.77. The highest BCUT2D eigenvalue weighted by Gasteiger charge is 2.35. The maximum atomic E-state index is 11.0. The van der Waals surface area contributed by atoms with Gasteiger partial charge in [0.1, 0.15) is 5.54 Å². The zero-order valence-corrected chi connectivity index (χ0v) is 9.83. The molecule has 1 fully saturated rings. The molecule has 0 saturated heterocycles. The highest BCUT2D eigenvalue weighted by Crippen LogP contribution is 2.32. The summed E-state index contributed by atoms with van der Waals surface area (Å²) in [6, 6.07) is 0. The van der Waals surface area contributed by atoms with E-state index in [4.69, 9.17) is 10.8 Å². The Bertz CT molecular complexity index is 220. The minimum Gasteiger partial charge on any atom is -0.480 e. The van der Waals surface area contributed by atoms with Crippen LogP contribution in [0.15, 0.2) is 0 Å². The van der Waals surface area contributed by atoms with E-state index in [1.165, 1.54) is 32.1 Å². The summed E-state index contributed by atoms with van der Waals surface area (Å²) in [6.07, 6.45) is 7.39. The maximum absolute atomic E-state index is 11.0. The lowest BCUT2D eigenvalue weighted by Gasteiger charge is -2.31. The molecule has 1 saturated carbocycles. The second kappa shape index (κ2) is 4.97. The van der Waals surface area contributed by atoms with Gasteiger partial charge in [0.05, 0.1) is 0 Å². The van der Waals surface area contributed by atoms with Crippen LogP contribution in [0.4, 0.5) is 0 Å². The molecule has 1 rings (SSSR count). The summed E-state index contributed by atoms with van der Waals surface area (Å²) in [6.45, 7) is 3.59. The van der Waals surface area contributed by atoms with Crippen molar-refractivity contribution in [3.63, 3.8) is 0 Å². The zero-order chi connectivity index (χ0) is 11.5. The van der Waals surface area contributed by atoms with Crippen LogP contribution in [0.2, 0.25) is 0 Å². The van der Waals surface area contributed by atoms with Crippen molar-refractivity contribution in [3.8, 4) is 0 Å². The van der Waals surface area contributed by atoms with Crippen molar-refractivity contribution in [3.05, 3.63) is 0 Å². The lowest BCUT2D eigenvalue weighted by Crippen LogP contribution is -2.51. The van der Waals surface area contributed by atoms with Gasteiger partial charge in [-0.25, -0.2) is 0 Å². The van der Waals surface area contributed by atoms with E-state index in [1.54, 1.807) is 6.92 Å². The van der Waals surface area contributed by atoms with Crippen molar-refractivity contribution in [1.29, 1.82) is 0 Å². The number of aliphatic carboxylic acids is 1. The fraction of sp³-hybridized carbons (Fsp3) is 0.917. The first kappa shape index (κ1) is 12.5. The molecule has 0 aromatic heterocycles. The van der Waals surface area contributed by atoms with E-state index in [0.717, 1.165) is 6.42 Å². The van der Waals surface area contributed by atoms with Gasteiger partial charge in [-0.3, -0.25) is 4.79 Å². The molecule has 0 bridgehead atoms. The fourth-order valence-electron chi connectivity index (χ4n) is 2.38. The van der Waals surface area contributed by atoms with Crippen molar-refractivity contribution in [2.75, 3.05) is 0 Å². The molecule has 88 valence electrons. The molecule has 0 aliphatic heterocycles. The van der Waals surface area contributed by atoms with Gasteiger partial charge in [0.25, 0.3) is 0 Å². The van der Waals surface area contributed by atoms with Gasteiger partial charge in [0.15, 0.2) is 0 Å². The van der Waals surface area contributed by atoms with Crippen LogP contribution in [0, 0.1) is 11.8 Å². The summed E-state index contributed by atoms with van der Waals surface area (Å²) >= 11 is 0. The topological polar surface area (TPSA) is 63.3 Å². The van der Waals surface area contributed by atoms with Gasteiger partial charge < -0.3 is 10.8 Å². The van der Waals surface area contributed by atoms with E-state index in [9.17, 15) is 4.79 Å². The second-order valence-corrected chi connectivity index (χ2v) is 5.23. The summed E-state index contributed by atoms with van der Waals surface area (Å²) in [5, 5.41) is 9.02. The van der Waals surface area contributed by atoms with Crippen LogP contribution >= 0.6 is 0 Å². The summed E-state index contributed by atoms with van der Waals surface area (Å²) in [5.74, 6) is -0.139. The quantitative estimate of drug-likeness (QED) is 0.753. The first-order valence-corrected chi connectivity index (χ1v) is 5.97. The summed E-state index contributed by atoms with van der Waals surface area (Å²) in [4.78, 5) is 11.0. The van der Waals surface area contributed by atoms with Crippen LogP contribution in [-0.2, 0) is 4.79 Å². The molecular weight excluding hydrogens is 190 g/mol. The van der Waals surface area contributed by atoms with Crippen molar-refractivity contribution < 1.29 is 9.90 Å². The molecule has 0 aromatic rings. The van der Waals surface area contributed by atoms with Gasteiger partial charge in [-0.15, -0.1) is 0 Å². The Morgan fingerprint density at radius 2 is 2.00 bits per heavy atom. The van der Waals surface area contributed by atoms with Crippen molar-refractivity contribution in [2.45, 2.75) is 57.9 Å². The number of carbonyl (C=O) groups is 1. The number of hydrogen-bond donors (Lipinski definition) is 2. The fourth-order valence-corrected chi connectivity index (χ4v) is 2.38. The first-order valence-electron chi connectivity index (χ1n) is 5.97. The Balaban J connectivity index is 2.46. The Kier molecular flexibility index (Phi) is 4.14. The monoisotopic (exact) mass is 213 g/mol. The van der Waals surface area contributed by atoms with Gasteiger partial charge in [0.2, 0.25) is 0 Å². The highest BCUT2D eigenvalue weighted by atomic mass is 16.4. The summed E-state index contributed by atoms with van der Waals surface area (Å²) in [5.41, 5.74) is 4.75. The number of nitrogens with two attached hydrogens (primary N) is 1. The van der Waals surface area contributed by atoms with E-state index in [0.29, 0.717) is 5.92 Å². The molecule has 2 atom stereocenters. The molecule has 0 heterocycles. The molecule has 2 unspecified atom stereocenters. The summed E-state index contributed by atoms with van der Waals surface area (Å²) < 4.78 is 0. The molecule has 1 aliphatic carbocycles. The summed E-state index contributed by atoms with van der Waals surface area (Å²) in [7, 11) is 0. The SMILES string of the molecule is CC(CC1CCCCC1)C(C)(N)C(=O)O. The van der Waals surface area contributed by atoms with Gasteiger partial charge in [0, 0.05) is 0 Å². The Morgan fingerprint density at radius 3 is 2.47 bits per heavy atom. The second-order valence-electron chi connectivity index (χ2n) is 5.23. The van der Waals surface area contributed by atoms with Crippen LogP contribution in [0.1, 0.15) is 52.4 Å². The molecule has 0 amide bonds. The predicted molar refractivity (Wildman–Crippen MR) is 60.6 cm³/mol. The number of hydrogen-bond acceptors (Lipinski definition) is 2. The van der Waals surface area contributed by atoms with Gasteiger partial charge in [-0.05, 0) is 25.2 Å². The molecule has 0 spiro atoms. The molecule has 0 aromatic carbocycles. The standard InChI is InChI=1S/C12H23NO2/c1-9(12(2,13)11(14)15)8-10-6-4-3-5-7-10/h9-10H,3-8,13H2,1-2H3,(H,14,15). The third-order valence-electron chi connectivity index (χ3n) is 3.90. The van der Waals surface area contributed by atoms with Gasteiger partial charge >= 0.3 is 5.97 Å². The average molecular weight is 213 g/mol. The van der Waals surface area contributed by atoms with Gasteiger partial charge in [-0.2, -0.15) is 0 Å². The molecule has 3 N–H and O–H groups in total. The van der Waals surface area contributed by atoms with Crippen molar-refractivity contribution in [2.24, 2.45) is 17.6 Å². The van der Waals surface area contributed by atoms with E-state index in [1.807, 2.05) is 6.92 Å². The third-order valence-corrected chi connectivity index (χ3v) is 3.90. The van der Waals surface area contributed by atoms with Crippen LogP contribution in [0.25, 0.3) is 0 Å². The van der Waals surface area contributed by atoms with Crippen molar-refractivity contribution in [1.82, 2.24) is 0 Å². The molecule has 3 nitrogen and oxygen atoms in total. The molecule has 0 radical (unpaired) electrons. The molecule has 1 aliphatic rings. The zero-order valence-electron chi connectivity index (χ0n) is 9.83. The van der Waals surface area contributed by atoms with Crippen molar-refractivity contribution >= 4 is 5.97 Å². The van der Waals surface area contributed by atoms with Gasteiger partial charge in [-0.1, -0.05) is 39.0 Å². The predicted octanol–water partition coefficient (Wildman–Crippen LogP) is 2.39. The minimum atomic E-state index is -1.07. The number of carboxylic acid groups (broad SMARTS) is 1. The molecule has 3 heteroatoms. The Hall–Kier alpha value is -0.570. The first-order chi connectivity index (χ1) is 6.94. The number of carboxylic acids is 1. The highest BCUT2D eigenvalue weighted by molar-refractivity contribution is 5.78. The number of rotatable bonds is 4. The van der Waals surface area contributed by atoms with E-state index in [2.05, 4.69) is 0 Å². The lowest BCUT2D eigenvalue weighted by molar-refractivity contribution is -0.144. The Morgan fingerprint density at radius 1 is 1.47 bits per heavy atom. The smallest absolute Gasteiger partial charge is 0.323 e. The largest absolute Gasteiger partial charge is 0.480 e. The molecular formula is C12H23NO2. The van der Waals surface area contributed by atoms with Crippen LogP contribution < -0.4 is 5.73 Å². The van der Waals surface area contributed by atoms with Crippen LogP contribution in [-0.4, -0.2) is 16.6 Å². The molecule has 15 heavy (non-hydrogen) atoms. The van der Waals surface area contributed by atoms with Crippen LogP contribution in [0.3, 0.4) is 0 Å². The maximum Gasteiger partial charge on any atom is 0.323 e.